The van der Waals surface area contributed by atoms with Crippen LogP contribution in [0, 0.1) is 308 Å². The number of hydroxylamine groups is 1. The number of hydrogen-bond acceptors (Lipinski definition) is 14. The van der Waals surface area contributed by atoms with Gasteiger partial charge in [0.1, 0.15) is 54.4 Å². The Morgan fingerprint density at radius 3 is 1.74 bits per heavy atom. The Bertz CT molecular complexity index is 729. The number of rotatable bonds is 8. The van der Waals surface area contributed by atoms with Gasteiger partial charge in [0.25, 0.3) is 5.91 Å². The number of carbonyl (C=O) groups excluding carboxylic acids is 2. The van der Waals surface area contributed by atoms with Crippen molar-refractivity contribution in [2.75, 3.05) is 19.8 Å². The number of hydrogen-bond donors (Lipinski definition) is 9. The summed E-state index contributed by atoms with van der Waals surface area (Å²) in [5.74, 6) is -0.873. The molecule has 2 aliphatic rings. The average Bonchev–Trinajstić information content (AvgIpc) is 2.77. The zero-order valence-electron chi connectivity index (χ0n) is 23.4. The predicted molar refractivity (Wildman–Crippen MR) is 110 cm³/mol. The van der Waals surface area contributed by atoms with Gasteiger partial charge in [-0.05, 0) is 20.8 Å². The fraction of sp³-hybridized carbons (Fsp3) is 0.895. The zero-order valence-corrected chi connectivity index (χ0v) is 56.6. The van der Waals surface area contributed by atoms with Crippen molar-refractivity contribution in [3.8, 4) is 0 Å². The Kier molecular flexibility index (Phi) is 47.1. The Hall–Kier alpha value is 8.39. The Balaban J connectivity index is -0.000000463. The molecule has 10 atom stereocenters. The van der Waals surface area contributed by atoms with E-state index in [1.165, 1.54) is 0 Å². The second-order valence-electron chi connectivity index (χ2n) is 9.02. The molecule has 7 radical (unpaired) electrons. The third-order valence-corrected chi connectivity index (χ3v) is 5.07. The number of amides is 2. The van der Waals surface area contributed by atoms with Crippen LogP contribution in [0.25, 0.3) is 0 Å². The Morgan fingerprint density at radius 1 is 0.738 bits per heavy atom. The van der Waals surface area contributed by atoms with Crippen LogP contribution in [0.4, 0.5) is 4.79 Å². The van der Waals surface area contributed by atoms with Gasteiger partial charge >= 0.3 is 6.09 Å². The predicted octanol–water partition coefficient (Wildman–Crippen LogP) is -4.82. The molecule has 2 rings (SSSR count). The van der Waals surface area contributed by atoms with Gasteiger partial charge in [-0.3, -0.25) is 9.63 Å². The Morgan fingerprint density at radius 2 is 1.26 bits per heavy atom. The van der Waals surface area contributed by atoms with Crippen LogP contribution in [0.2, 0.25) is 0 Å². The van der Waals surface area contributed by atoms with Crippen LogP contribution in [-0.4, -0.2) is 135 Å². The summed E-state index contributed by atoms with van der Waals surface area (Å²) in [6.07, 6.45) is -17.1. The van der Waals surface area contributed by atoms with E-state index in [0.717, 1.165) is 0 Å². The topological polar surface area (TPSA) is 246 Å². The van der Waals surface area contributed by atoms with Gasteiger partial charge in [-0.15, -0.1) is 0 Å². The summed E-state index contributed by atoms with van der Waals surface area (Å²) in [5, 5.41) is 71.9. The van der Waals surface area contributed by atoms with E-state index < -0.39 is 98.8 Å². The molecule has 2 heterocycles. The molecular weight excluding hydrogens is 2070 g/mol. The molecule has 5 unspecified atom stereocenters. The number of ether oxygens (including phenoxy) is 4. The third-order valence-electron chi connectivity index (χ3n) is 5.07. The second kappa shape index (κ2) is 31.7. The molecular formula is C19H34Ac7N2O14. The molecule has 0 aromatic rings. The van der Waals surface area contributed by atoms with Crippen LogP contribution in [0.1, 0.15) is 20.8 Å². The molecule has 0 aliphatic carbocycles. The molecule has 9 N–H and O–H groups in total. The summed E-state index contributed by atoms with van der Waals surface area (Å²) in [4.78, 5) is 28.3. The number of aliphatic hydroxyl groups excluding tert-OH is 7. The Labute approximate surface area is 494 Å². The van der Waals surface area contributed by atoms with E-state index in [2.05, 4.69) is 5.32 Å². The van der Waals surface area contributed by atoms with Crippen molar-refractivity contribution in [3.63, 3.8) is 0 Å². The fourth-order valence-corrected chi connectivity index (χ4v) is 3.37. The van der Waals surface area contributed by atoms with Crippen molar-refractivity contribution < 1.29 is 378 Å². The smallest absolute Gasteiger partial charge is 0.431 e. The van der Waals surface area contributed by atoms with Crippen molar-refractivity contribution in [3.05, 3.63) is 0 Å². The maximum Gasteiger partial charge on any atom is 0.431 e. The number of aliphatic hydroxyl groups is 7. The minimum absolute atomic E-state index is 0. The minimum Gasteiger partial charge on any atom is -0.442 e. The number of nitrogens with one attached hydrogen (secondary N) is 2. The van der Waals surface area contributed by atoms with Crippen LogP contribution < -0.4 is 10.8 Å². The standard InChI is InChI=1S/C19H34N2O14.7Ac/c1-19(2,3)35-18(30)21-31-6-9(24)20-16-13(28)12(27)15(8(5-23)32-16)34-17-14(29)11(26)10(25)7(4-22)33-17;;;;;;;/h7-8,10-17,22-23,25-29H,4-6H2,1-3H3,(H,20,24)(H,21,30);;;;;;;/t7?,8?,10-,11?,12?,13?,14-,15+,16+,17-;;;;;;;/m0......./s1. The van der Waals surface area contributed by atoms with Gasteiger partial charge in [0.2, 0.25) is 0 Å². The molecule has 0 bridgehead atoms. The van der Waals surface area contributed by atoms with Crippen LogP contribution in [0.3, 0.4) is 0 Å². The van der Waals surface area contributed by atoms with Crippen molar-refractivity contribution in [1.29, 1.82) is 0 Å². The average molecular weight is 2100 g/mol. The molecule has 0 spiro atoms. The molecule has 2 amide bonds. The van der Waals surface area contributed by atoms with E-state index in [9.17, 15) is 45.3 Å². The third kappa shape index (κ3) is 21.3. The first-order valence-corrected chi connectivity index (χ1v) is 10.8. The van der Waals surface area contributed by atoms with E-state index in [0.29, 0.717) is 0 Å². The van der Waals surface area contributed by atoms with Gasteiger partial charge in [-0.2, -0.15) is 5.48 Å². The monoisotopic (exact) mass is 2100 g/mol. The first kappa shape index (κ1) is 62.4. The molecule has 2 saturated heterocycles. The molecule has 0 aromatic carbocycles. The maximum atomic E-state index is 12.1. The molecule has 2 fully saturated rings. The van der Waals surface area contributed by atoms with Crippen LogP contribution in [0.15, 0.2) is 0 Å². The van der Waals surface area contributed by atoms with Crippen molar-refractivity contribution in [1.82, 2.24) is 10.8 Å². The van der Waals surface area contributed by atoms with Gasteiger partial charge in [0.15, 0.2) is 19.1 Å². The number of carbonyl (C=O) groups is 2. The summed E-state index contributed by atoms with van der Waals surface area (Å²) >= 11 is 0. The second-order valence-corrected chi connectivity index (χ2v) is 9.02. The van der Waals surface area contributed by atoms with Gasteiger partial charge in [0, 0.05) is 308 Å². The van der Waals surface area contributed by atoms with Crippen LogP contribution in [-0.2, 0) is 28.6 Å². The molecule has 0 aromatic heterocycles. The summed E-state index contributed by atoms with van der Waals surface area (Å²) in [6, 6.07) is 0. The summed E-state index contributed by atoms with van der Waals surface area (Å²) in [7, 11) is 0. The van der Waals surface area contributed by atoms with E-state index in [1.807, 2.05) is 5.48 Å². The van der Waals surface area contributed by atoms with Gasteiger partial charge < -0.3 is 60.0 Å². The van der Waals surface area contributed by atoms with Gasteiger partial charge in [0.05, 0.1) is 13.2 Å². The summed E-state index contributed by atoms with van der Waals surface area (Å²) < 4.78 is 20.9. The maximum absolute atomic E-state index is 12.1. The summed E-state index contributed by atoms with van der Waals surface area (Å²) in [5.41, 5.74) is 1.10. The first-order chi connectivity index (χ1) is 16.3. The van der Waals surface area contributed by atoms with E-state index in [-0.39, 0.29) is 308 Å². The minimum atomic E-state index is -1.80. The van der Waals surface area contributed by atoms with Crippen LogP contribution in [0.5, 0.6) is 0 Å². The molecule has 0 saturated carbocycles. The zero-order chi connectivity index (χ0) is 26.5. The largest absolute Gasteiger partial charge is 0.442 e. The van der Waals surface area contributed by atoms with Crippen LogP contribution >= 0.6 is 0 Å². The first-order valence-electron chi connectivity index (χ1n) is 10.8. The normalized spacial score (nSPS) is 31.7. The fourth-order valence-electron chi connectivity index (χ4n) is 3.37. The quantitative estimate of drug-likeness (QED) is 0.104. The van der Waals surface area contributed by atoms with Gasteiger partial charge in [-0.1, -0.05) is 0 Å². The van der Waals surface area contributed by atoms with Gasteiger partial charge in [-0.25, -0.2) is 4.79 Å². The molecule has 42 heavy (non-hydrogen) atoms. The summed E-state index contributed by atoms with van der Waals surface area (Å²) in [6.45, 7) is 2.67. The molecule has 225 valence electrons. The van der Waals surface area contributed by atoms with E-state index >= 15 is 0 Å². The van der Waals surface area contributed by atoms with E-state index in [1.54, 1.807) is 20.8 Å². The molecule has 23 heteroatoms. The van der Waals surface area contributed by atoms with Crippen molar-refractivity contribution in [2.24, 2.45) is 0 Å². The SMILES string of the molecule is CC(C)(C)OC(=O)NOCC(=O)N[C@@H]1OC(CO)[C@@H](O[C@@H]2OC(CO)[C@H](O)C(O)[C@@H]2O)C(O)C1O.[Ac].[Ac].[Ac].[Ac].[Ac].[Ac].[Ac]. The van der Waals surface area contributed by atoms with Crippen molar-refractivity contribution >= 4 is 12.0 Å². The van der Waals surface area contributed by atoms with E-state index in [4.69, 9.17) is 23.8 Å². The molecule has 2 aliphatic heterocycles. The molecule has 16 nitrogen and oxygen atoms in total. The van der Waals surface area contributed by atoms with Crippen molar-refractivity contribution in [2.45, 2.75) is 87.7 Å².